The molecule has 1 aliphatic rings. The first kappa shape index (κ1) is 20.8. The minimum absolute atomic E-state index is 0. The van der Waals surface area contributed by atoms with Gasteiger partial charge in [0.25, 0.3) is 5.91 Å². The smallest absolute Gasteiger partial charge is 0.312 e. The second-order valence-corrected chi connectivity index (χ2v) is 5.90. The topological polar surface area (TPSA) is 93.5 Å². The lowest BCUT2D eigenvalue weighted by atomic mass is 9.93. The molecule has 7 nitrogen and oxygen atoms in total. The van der Waals surface area contributed by atoms with Crippen molar-refractivity contribution >= 4 is 24.3 Å². The van der Waals surface area contributed by atoms with Crippen molar-refractivity contribution in [2.45, 2.75) is 12.5 Å². The van der Waals surface area contributed by atoms with Gasteiger partial charge in [0.05, 0.1) is 18.6 Å². The van der Waals surface area contributed by atoms with Gasteiger partial charge in [-0.25, -0.2) is 8.78 Å². The van der Waals surface area contributed by atoms with Crippen LogP contribution in [0.1, 0.15) is 16.9 Å². The zero-order chi connectivity index (χ0) is 18.7. The Bertz CT molecular complexity index is 830. The standard InChI is InChI=1S/C17H17F2N3O4.ClH/c1-25-17(24)11-8-20-5-4-13(11)21-16(23)14-7-15(26-22-14)10-3-2-9(18)6-12(10)19;/h2-3,6-7,11,13,20H,4-5,8H2,1H3,(H,21,23);1H/t11-,13-;/m1./s1. The zero-order valence-corrected chi connectivity index (χ0v) is 15.1. The molecule has 2 aromatic rings. The van der Waals surface area contributed by atoms with Crippen molar-refractivity contribution in [3.8, 4) is 11.3 Å². The van der Waals surface area contributed by atoms with Gasteiger partial charge in [-0.3, -0.25) is 9.59 Å². The number of nitrogens with zero attached hydrogens (tertiary/aromatic N) is 1. The van der Waals surface area contributed by atoms with Gasteiger partial charge in [-0.05, 0) is 25.1 Å². The fourth-order valence-electron chi connectivity index (χ4n) is 2.87. The molecule has 1 aromatic carbocycles. The van der Waals surface area contributed by atoms with Gasteiger partial charge < -0.3 is 19.9 Å². The first-order chi connectivity index (χ1) is 12.5. The number of rotatable bonds is 4. The highest BCUT2D eigenvalue weighted by atomic mass is 35.5. The Morgan fingerprint density at radius 1 is 1.33 bits per heavy atom. The van der Waals surface area contributed by atoms with E-state index in [1.165, 1.54) is 19.2 Å². The second-order valence-electron chi connectivity index (χ2n) is 5.90. The van der Waals surface area contributed by atoms with Crippen LogP contribution in [-0.4, -0.2) is 43.3 Å². The molecule has 10 heteroatoms. The number of halogens is 3. The number of hydrogen-bond acceptors (Lipinski definition) is 6. The highest BCUT2D eigenvalue weighted by Crippen LogP contribution is 2.24. The maximum Gasteiger partial charge on any atom is 0.312 e. The minimum atomic E-state index is -0.822. The van der Waals surface area contributed by atoms with Gasteiger partial charge in [0.15, 0.2) is 11.5 Å². The SMILES string of the molecule is COC(=O)[C@@H]1CNCC[C@H]1NC(=O)c1cc(-c2ccc(F)cc2F)on1.Cl. The van der Waals surface area contributed by atoms with E-state index in [9.17, 15) is 18.4 Å². The number of benzene rings is 1. The summed E-state index contributed by atoms with van der Waals surface area (Å²) in [5.41, 5.74) is -0.0712. The minimum Gasteiger partial charge on any atom is -0.469 e. The summed E-state index contributed by atoms with van der Waals surface area (Å²) in [4.78, 5) is 24.2. The summed E-state index contributed by atoms with van der Waals surface area (Å²) in [5, 5.41) is 9.44. The van der Waals surface area contributed by atoms with E-state index in [-0.39, 0.29) is 29.4 Å². The third-order valence-electron chi connectivity index (χ3n) is 4.24. The molecule has 2 N–H and O–H groups in total. The summed E-state index contributed by atoms with van der Waals surface area (Å²) < 4.78 is 36.6. The fraction of sp³-hybridized carbons (Fsp3) is 0.353. The lowest BCUT2D eigenvalue weighted by Gasteiger charge is -2.30. The lowest BCUT2D eigenvalue weighted by molar-refractivity contribution is -0.146. The highest BCUT2D eigenvalue weighted by Gasteiger charge is 2.33. The van der Waals surface area contributed by atoms with Gasteiger partial charge in [-0.2, -0.15) is 0 Å². The van der Waals surface area contributed by atoms with Crippen LogP contribution in [0.5, 0.6) is 0 Å². The van der Waals surface area contributed by atoms with Crippen molar-refractivity contribution in [2.24, 2.45) is 5.92 Å². The van der Waals surface area contributed by atoms with Crippen molar-refractivity contribution in [2.75, 3.05) is 20.2 Å². The number of methoxy groups -OCH3 is 1. The first-order valence-corrected chi connectivity index (χ1v) is 8.01. The quantitative estimate of drug-likeness (QED) is 0.760. The number of carbonyl (C=O) groups is 2. The zero-order valence-electron chi connectivity index (χ0n) is 14.3. The third-order valence-corrected chi connectivity index (χ3v) is 4.24. The van der Waals surface area contributed by atoms with Crippen molar-refractivity contribution in [3.05, 3.63) is 41.6 Å². The largest absolute Gasteiger partial charge is 0.469 e. The van der Waals surface area contributed by atoms with E-state index in [1.807, 2.05) is 0 Å². The van der Waals surface area contributed by atoms with E-state index < -0.39 is 35.5 Å². The number of nitrogens with one attached hydrogen (secondary N) is 2. The number of carbonyl (C=O) groups excluding carboxylic acids is 2. The summed E-state index contributed by atoms with van der Waals surface area (Å²) in [7, 11) is 1.29. The predicted octanol–water partition coefficient (Wildman–Crippen LogP) is 1.92. The number of ether oxygens (including phenoxy) is 1. The molecule has 2 atom stereocenters. The van der Waals surface area contributed by atoms with Crippen molar-refractivity contribution in [1.29, 1.82) is 0 Å². The maximum absolute atomic E-state index is 13.8. The van der Waals surface area contributed by atoms with Gasteiger partial charge in [-0.15, -0.1) is 12.4 Å². The lowest BCUT2D eigenvalue weighted by Crippen LogP contribution is -2.52. The molecule has 0 radical (unpaired) electrons. The monoisotopic (exact) mass is 401 g/mol. The second kappa shape index (κ2) is 8.92. The number of esters is 1. The molecule has 0 spiro atoms. The molecule has 3 rings (SSSR count). The van der Waals surface area contributed by atoms with E-state index in [2.05, 4.69) is 15.8 Å². The Labute approximate surface area is 159 Å². The molecular weight excluding hydrogens is 384 g/mol. The van der Waals surface area contributed by atoms with E-state index in [0.717, 1.165) is 6.07 Å². The van der Waals surface area contributed by atoms with E-state index >= 15 is 0 Å². The summed E-state index contributed by atoms with van der Waals surface area (Å²) in [5.74, 6) is -3.03. The molecule has 0 bridgehead atoms. The van der Waals surface area contributed by atoms with Crippen LogP contribution in [0, 0.1) is 17.6 Å². The number of piperidine rings is 1. The van der Waals surface area contributed by atoms with Crippen LogP contribution in [0.3, 0.4) is 0 Å². The molecule has 0 aliphatic carbocycles. The molecule has 2 heterocycles. The number of hydrogen-bond donors (Lipinski definition) is 2. The van der Waals surface area contributed by atoms with E-state index in [0.29, 0.717) is 25.6 Å². The molecule has 1 saturated heterocycles. The van der Waals surface area contributed by atoms with Crippen LogP contribution < -0.4 is 10.6 Å². The Balaban J connectivity index is 0.00000261. The van der Waals surface area contributed by atoms with Gasteiger partial charge in [0.1, 0.15) is 11.6 Å². The normalized spacial score (nSPS) is 19.1. The molecule has 1 aliphatic heterocycles. The van der Waals surface area contributed by atoms with Gasteiger partial charge in [0.2, 0.25) is 0 Å². The van der Waals surface area contributed by atoms with Crippen LogP contribution in [0.4, 0.5) is 8.78 Å². The van der Waals surface area contributed by atoms with Gasteiger partial charge in [0, 0.05) is 24.7 Å². The maximum atomic E-state index is 13.8. The Morgan fingerprint density at radius 3 is 2.81 bits per heavy atom. The van der Waals surface area contributed by atoms with Crippen molar-refractivity contribution in [1.82, 2.24) is 15.8 Å². The molecule has 0 saturated carbocycles. The van der Waals surface area contributed by atoms with Crippen molar-refractivity contribution in [3.63, 3.8) is 0 Å². The molecule has 1 aromatic heterocycles. The van der Waals surface area contributed by atoms with E-state index in [4.69, 9.17) is 9.26 Å². The van der Waals surface area contributed by atoms with Crippen LogP contribution >= 0.6 is 12.4 Å². The van der Waals surface area contributed by atoms with Crippen LogP contribution in [-0.2, 0) is 9.53 Å². The fourth-order valence-corrected chi connectivity index (χ4v) is 2.87. The van der Waals surface area contributed by atoms with Crippen LogP contribution in [0.2, 0.25) is 0 Å². The van der Waals surface area contributed by atoms with Gasteiger partial charge in [-0.1, -0.05) is 5.16 Å². The Morgan fingerprint density at radius 2 is 2.11 bits per heavy atom. The van der Waals surface area contributed by atoms with Crippen molar-refractivity contribution < 1.29 is 27.6 Å². The molecule has 1 amide bonds. The average molecular weight is 402 g/mol. The van der Waals surface area contributed by atoms with E-state index in [1.54, 1.807) is 0 Å². The summed E-state index contributed by atoms with van der Waals surface area (Å²) >= 11 is 0. The number of amides is 1. The van der Waals surface area contributed by atoms with Crippen LogP contribution in [0.15, 0.2) is 28.8 Å². The molecule has 27 heavy (non-hydrogen) atoms. The molecule has 1 fully saturated rings. The molecule has 146 valence electrons. The number of aromatic nitrogens is 1. The molecule has 0 unspecified atom stereocenters. The Hall–Kier alpha value is -2.52. The molecular formula is C17H18ClF2N3O4. The average Bonchev–Trinajstić information content (AvgIpc) is 3.11. The van der Waals surface area contributed by atoms with Crippen LogP contribution in [0.25, 0.3) is 11.3 Å². The Kier molecular flexibility index (Phi) is 6.86. The highest BCUT2D eigenvalue weighted by molar-refractivity contribution is 5.93. The summed E-state index contributed by atoms with van der Waals surface area (Å²) in [6.45, 7) is 1.03. The summed E-state index contributed by atoms with van der Waals surface area (Å²) in [6.07, 6.45) is 0.544. The first-order valence-electron chi connectivity index (χ1n) is 8.01. The third kappa shape index (κ3) is 4.61. The van der Waals surface area contributed by atoms with Gasteiger partial charge >= 0.3 is 5.97 Å². The predicted molar refractivity (Wildman–Crippen MR) is 93.3 cm³/mol. The summed E-state index contributed by atoms with van der Waals surface area (Å²) in [6, 6.07) is 3.84.